The number of ether oxygens (including phenoxy) is 1. The van der Waals surface area contributed by atoms with Crippen LogP contribution in [0.4, 0.5) is 4.39 Å². The predicted molar refractivity (Wildman–Crippen MR) is 75.5 cm³/mol. The minimum absolute atomic E-state index is 0.245. The summed E-state index contributed by atoms with van der Waals surface area (Å²) in [6.45, 7) is 6.62. The van der Waals surface area contributed by atoms with Gasteiger partial charge in [-0.3, -0.25) is 4.99 Å². The van der Waals surface area contributed by atoms with Gasteiger partial charge >= 0.3 is 0 Å². The Kier molecular flexibility index (Phi) is 6.02. The van der Waals surface area contributed by atoms with Crippen LogP contribution in [0.5, 0.6) is 0 Å². The van der Waals surface area contributed by atoms with E-state index in [1.54, 1.807) is 19.2 Å². The SMILES string of the molecule is C=C(C)CNC(N)=NCC(OC)c1ccc(F)cc1. The summed E-state index contributed by atoms with van der Waals surface area (Å²) in [5.41, 5.74) is 7.54. The van der Waals surface area contributed by atoms with Gasteiger partial charge in [0.25, 0.3) is 0 Å². The van der Waals surface area contributed by atoms with Gasteiger partial charge in [-0.15, -0.1) is 0 Å². The highest BCUT2D eigenvalue weighted by Gasteiger charge is 2.09. The second kappa shape index (κ2) is 7.53. The van der Waals surface area contributed by atoms with E-state index in [2.05, 4.69) is 16.9 Å². The fourth-order valence-electron chi connectivity index (χ4n) is 1.47. The molecule has 5 heteroatoms. The van der Waals surface area contributed by atoms with E-state index in [-0.39, 0.29) is 11.9 Å². The molecule has 1 atom stereocenters. The molecule has 0 radical (unpaired) electrons. The number of aliphatic imine (C=N–C) groups is 1. The molecule has 104 valence electrons. The van der Waals surface area contributed by atoms with Crippen LogP contribution in [-0.4, -0.2) is 26.2 Å². The number of rotatable bonds is 6. The number of benzene rings is 1. The van der Waals surface area contributed by atoms with Crippen molar-refractivity contribution in [1.29, 1.82) is 0 Å². The smallest absolute Gasteiger partial charge is 0.188 e. The first-order chi connectivity index (χ1) is 9.02. The van der Waals surface area contributed by atoms with Gasteiger partial charge in [0.2, 0.25) is 0 Å². The number of hydrogen-bond acceptors (Lipinski definition) is 2. The lowest BCUT2D eigenvalue weighted by molar-refractivity contribution is 0.111. The van der Waals surface area contributed by atoms with Crippen molar-refractivity contribution >= 4 is 5.96 Å². The molecule has 1 aromatic rings. The maximum Gasteiger partial charge on any atom is 0.188 e. The minimum Gasteiger partial charge on any atom is -0.375 e. The molecule has 0 aliphatic rings. The Hall–Kier alpha value is -1.88. The summed E-state index contributed by atoms with van der Waals surface area (Å²) < 4.78 is 18.2. The van der Waals surface area contributed by atoms with Gasteiger partial charge < -0.3 is 15.8 Å². The van der Waals surface area contributed by atoms with Gasteiger partial charge in [0.15, 0.2) is 5.96 Å². The molecule has 0 aliphatic heterocycles. The average molecular weight is 265 g/mol. The predicted octanol–water partition coefficient (Wildman–Crippen LogP) is 1.99. The molecule has 1 rings (SSSR count). The molecule has 0 spiro atoms. The second-order valence-corrected chi connectivity index (χ2v) is 4.31. The molecule has 0 saturated carbocycles. The third-order valence-electron chi connectivity index (χ3n) is 2.53. The van der Waals surface area contributed by atoms with Gasteiger partial charge in [-0.05, 0) is 24.6 Å². The van der Waals surface area contributed by atoms with Crippen molar-refractivity contribution in [3.8, 4) is 0 Å². The molecular formula is C14H20FN3O. The third-order valence-corrected chi connectivity index (χ3v) is 2.53. The van der Waals surface area contributed by atoms with E-state index in [0.29, 0.717) is 19.0 Å². The van der Waals surface area contributed by atoms with Crippen molar-refractivity contribution in [3.63, 3.8) is 0 Å². The van der Waals surface area contributed by atoms with Crippen LogP contribution >= 0.6 is 0 Å². The number of nitrogens with zero attached hydrogens (tertiary/aromatic N) is 1. The van der Waals surface area contributed by atoms with Crippen LogP contribution in [0.1, 0.15) is 18.6 Å². The Balaban J connectivity index is 2.59. The zero-order valence-electron chi connectivity index (χ0n) is 11.3. The normalized spacial score (nSPS) is 13.1. The average Bonchev–Trinajstić information content (AvgIpc) is 2.39. The molecule has 0 aromatic heterocycles. The summed E-state index contributed by atoms with van der Waals surface area (Å²) in [5, 5.41) is 2.93. The van der Waals surface area contributed by atoms with Crippen LogP contribution < -0.4 is 11.1 Å². The number of guanidine groups is 1. The van der Waals surface area contributed by atoms with Crippen LogP contribution in [0.25, 0.3) is 0 Å². The summed E-state index contributed by atoms with van der Waals surface area (Å²) in [5.74, 6) is 0.0666. The zero-order valence-corrected chi connectivity index (χ0v) is 11.3. The van der Waals surface area contributed by atoms with E-state index < -0.39 is 0 Å². The highest BCUT2D eigenvalue weighted by Crippen LogP contribution is 2.17. The number of nitrogens with one attached hydrogen (secondary N) is 1. The number of methoxy groups -OCH3 is 1. The fraction of sp³-hybridized carbons (Fsp3) is 0.357. The summed E-state index contributed by atoms with van der Waals surface area (Å²) in [6.07, 6.45) is -0.245. The van der Waals surface area contributed by atoms with Gasteiger partial charge in [-0.25, -0.2) is 4.39 Å². The first-order valence-electron chi connectivity index (χ1n) is 5.99. The lowest BCUT2D eigenvalue weighted by Gasteiger charge is -2.14. The minimum atomic E-state index is -0.273. The largest absolute Gasteiger partial charge is 0.375 e. The van der Waals surface area contributed by atoms with Crippen LogP contribution in [0.15, 0.2) is 41.4 Å². The lowest BCUT2D eigenvalue weighted by atomic mass is 10.1. The first-order valence-corrected chi connectivity index (χ1v) is 5.99. The molecule has 19 heavy (non-hydrogen) atoms. The van der Waals surface area contributed by atoms with Crippen molar-refractivity contribution in [2.24, 2.45) is 10.7 Å². The quantitative estimate of drug-likeness (QED) is 0.470. The monoisotopic (exact) mass is 265 g/mol. The molecule has 0 fully saturated rings. The van der Waals surface area contributed by atoms with Crippen LogP contribution in [0.2, 0.25) is 0 Å². The Morgan fingerprint density at radius 1 is 1.47 bits per heavy atom. The molecule has 1 unspecified atom stereocenters. The summed E-state index contributed by atoms with van der Waals surface area (Å²) >= 11 is 0. The highest BCUT2D eigenvalue weighted by atomic mass is 19.1. The summed E-state index contributed by atoms with van der Waals surface area (Å²) in [7, 11) is 1.58. The third kappa shape index (κ3) is 5.52. The molecule has 0 bridgehead atoms. The van der Waals surface area contributed by atoms with Crippen molar-refractivity contribution in [1.82, 2.24) is 5.32 Å². The van der Waals surface area contributed by atoms with Gasteiger partial charge in [0, 0.05) is 13.7 Å². The van der Waals surface area contributed by atoms with Gasteiger partial charge in [0.1, 0.15) is 11.9 Å². The molecular weight excluding hydrogens is 245 g/mol. The highest BCUT2D eigenvalue weighted by molar-refractivity contribution is 5.78. The maximum absolute atomic E-state index is 12.8. The number of nitrogens with two attached hydrogens (primary N) is 1. The summed E-state index contributed by atoms with van der Waals surface area (Å²) in [4.78, 5) is 4.19. The maximum atomic E-state index is 12.8. The lowest BCUT2D eigenvalue weighted by Crippen LogP contribution is -2.33. The molecule has 4 nitrogen and oxygen atoms in total. The van der Waals surface area contributed by atoms with E-state index >= 15 is 0 Å². The fourth-order valence-corrected chi connectivity index (χ4v) is 1.47. The van der Waals surface area contributed by atoms with E-state index in [4.69, 9.17) is 10.5 Å². The van der Waals surface area contributed by atoms with Crippen molar-refractivity contribution in [2.45, 2.75) is 13.0 Å². The first kappa shape index (κ1) is 15.2. The van der Waals surface area contributed by atoms with E-state index in [9.17, 15) is 4.39 Å². The van der Waals surface area contributed by atoms with Crippen LogP contribution in [0, 0.1) is 5.82 Å². The number of halogens is 1. The topological polar surface area (TPSA) is 59.6 Å². The molecule has 0 saturated heterocycles. The Morgan fingerprint density at radius 2 is 2.11 bits per heavy atom. The number of hydrogen-bond donors (Lipinski definition) is 2. The van der Waals surface area contributed by atoms with Crippen molar-refractivity contribution < 1.29 is 9.13 Å². The van der Waals surface area contributed by atoms with E-state index in [1.807, 2.05) is 6.92 Å². The Bertz CT molecular complexity index is 443. The molecule has 0 aliphatic carbocycles. The van der Waals surface area contributed by atoms with Crippen molar-refractivity contribution in [3.05, 3.63) is 47.8 Å². The summed E-state index contributed by atoms with van der Waals surface area (Å²) in [6, 6.07) is 6.15. The van der Waals surface area contributed by atoms with E-state index in [1.165, 1.54) is 12.1 Å². The molecule has 0 amide bonds. The molecule has 3 N–H and O–H groups in total. The van der Waals surface area contributed by atoms with Gasteiger partial charge in [-0.2, -0.15) is 0 Å². The zero-order chi connectivity index (χ0) is 14.3. The Labute approximate surface area is 113 Å². The standard InChI is InChI=1S/C14H20FN3O/c1-10(2)8-17-14(16)18-9-13(19-3)11-4-6-12(15)7-5-11/h4-7,13H,1,8-9H2,2-3H3,(H3,16,17,18). The molecule has 1 aromatic carbocycles. The van der Waals surface area contributed by atoms with Gasteiger partial charge in [0.05, 0.1) is 6.54 Å². The molecule has 0 heterocycles. The van der Waals surface area contributed by atoms with Crippen LogP contribution in [0.3, 0.4) is 0 Å². The van der Waals surface area contributed by atoms with Gasteiger partial charge in [-0.1, -0.05) is 24.3 Å². The van der Waals surface area contributed by atoms with Crippen molar-refractivity contribution in [2.75, 3.05) is 20.2 Å². The van der Waals surface area contributed by atoms with E-state index in [0.717, 1.165) is 11.1 Å². The van der Waals surface area contributed by atoms with Crippen LogP contribution in [-0.2, 0) is 4.74 Å². The Morgan fingerprint density at radius 3 is 2.63 bits per heavy atom. The second-order valence-electron chi connectivity index (χ2n) is 4.31.